The summed E-state index contributed by atoms with van der Waals surface area (Å²) in [4.78, 5) is 13.5. The van der Waals surface area contributed by atoms with Crippen molar-refractivity contribution in [3.8, 4) is 11.5 Å². The van der Waals surface area contributed by atoms with Gasteiger partial charge in [-0.3, -0.25) is 19.4 Å². The van der Waals surface area contributed by atoms with Crippen molar-refractivity contribution >= 4 is 0 Å². The van der Waals surface area contributed by atoms with Gasteiger partial charge in [-0.25, -0.2) is 0 Å². The molecule has 2 aromatic rings. The van der Waals surface area contributed by atoms with E-state index < -0.39 is 17.4 Å². The van der Waals surface area contributed by atoms with Crippen LogP contribution in [0.4, 0.5) is 0 Å². The number of likely N-dealkylation sites (N-methyl/N-ethyl adjacent to an activating group) is 1. The molecule has 0 radical (unpaired) electrons. The van der Waals surface area contributed by atoms with E-state index in [9.17, 15) is 15.0 Å². The van der Waals surface area contributed by atoms with Crippen LogP contribution in [0.25, 0.3) is 0 Å². The molecule has 0 fully saturated rings. The predicted molar refractivity (Wildman–Crippen MR) is 87.4 cm³/mol. The van der Waals surface area contributed by atoms with Crippen molar-refractivity contribution in [2.24, 2.45) is 0 Å². The van der Waals surface area contributed by atoms with Crippen LogP contribution >= 0.6 is 0 Å². The van der Waals surface area contributed by atoms with Crippen LogP contribution in [0.1, 0.15) is 30.5 Å². The number of aromatic nitrogens is 1. The molecule has 0 spiro atoms. The van der Waals surface area contributed by atoms with Crippen LogP contribution < -0.4 is 15.2 Å². The van der Waals surface area contributed by atoms with Crippen molar-refractivity contribution in [2.75, 3.05) is 18.7 Å². The Balaban J connectivity index is 1.94. The number of ether oxygens (including phenoxy) is 1. The van der Waals surface area contributed by atoms with Crippen LogP contribution in [0.2, 0.25) is 0 Å². The molecule has 3 heterocycles. The molecule has 0 amide bonds. The molecule has 1 aromatic carbocycles. The summed E-state index contributed by atoms with van der Waals surface area (Å²) < 4.78 is 7.61. The highest BCUT2D eigenvalue weighted by molar-refractivity contribution is 5.41. The Hall–Kier alpha value is -2.51. The van der Waals surface area contributed by atoms with E-state index in [2.05, 4.69) is 0 Å². The number of rotatable bonds is 0. The van der Waals surface area contributed by atoms with Crippen molar-refractivity contribution in [2.45, 2.75) is 25.4 Å². The lowest BCUT2D eigenvalue weighted by Gasteiger charge is -2.48. The SMILES string of the molecule is C[C@H]1c2ccccc2OC[C@@H]2N(C)C(O)c3c(O)c(=O)ccn3N21. The maximum atomic E-state index is 11.8. The van der Waals surface area contributed by atoms with Gasteiger partial charge in [0.15, 0.2) is 12.0 Å². The number of hydrogen-bond donors (Lipinski definition) is 2. The third kappa shape index (κ3) is 1.95. The van der Waals surface area contributed by atoms with Gasteiger partial charge in [0.1, 0.15) is 24.2 Å². The number of hydrogen-bond acceptors (Lipinski definition) is 6. The van der Waals surface area contributed by atoms with E-state index in [1.54, 1.807) is 22.8 Å². The highest BCUT2D eigenvalue weighted by Crippen LogP contribution is 2.39. The predicted octanol–water partition coefficient (Wildman–Crippen LogP) is 0.908. The van der Waals surface area contributed by atoms with Gasteiger partial charge in [-0.05, 0) is 20.0 Å². The average Bonchev–Trinajstić information content (AvgIpc) is 2.73. The van der Waals surface area contributed by atoms with Crippen molar-refractivity contribution in [1.82, 2.24) is 9.58 Å². The van der Waals surface area contributed by atoms with E-state index >= 15 is 0 Å². The first-order valence-electron chi connectivity index (χ1n) is 7.85. The Labute approximate surface area is 138 Å². The third-order valence-corrected chi connectivity index (χ3v) is 4.90. The number of aliphatic hydroxyl groups excluding tert-OH is 1. The minimum atomic E-state index is -1.10. The largest absolute Gasteiger partial charge is 0.503 e. The number of fused-ring (bicyclic) bond motifs is 4. The molecule has 2 N–H and O–H groups in total. The second kappa shape index (κ2) is 5.25. The molecular formula is C17H19N3O4. The summed E-state index contributed by atoms with van der Waals surface area (Å²) in [6.45, 7) is 2.38. The molecule has 2 aliphatic rings. The van der Waals surface area contributed by atoms with Gasteiger partial charge in [0.05, 0.1) is 6.04 Å². The Morgan fingerprint density at radius 1 is 1.25 bits per heavy atom. The molecule has 0 saturated heterocycles. The summed E-state index contributed by atoms with van der Waals surface area (Å²) in [5.74, 6) is 0.370. The van der Waals surface area contributed by atoms with Gasteiger partial charge < -0.3 is 14.9 Å². The van der Waals surface area contributed by atoms with Crippen LogP contribution in [-0.2, 0) is 0 Å². The number of benzene rings is 1. The summed E-state index contributed by atoms with van der Waals surface area (Å²) in [5.41, 5.74) is 0.674. The lowest BCUT2D eigenvalue weighted by Crippen LogP contribution is -2.60. The first-order valence-corrected chi connectivity index (χ1v) is 7.85. The number of aliphatic hydroxyl groups is 1. The molecular weight excluding hydrogens is 310 g/mol. The minimum Gasteiger partial charge on any atom is -0.503 e. The standard InChI is InChI=1S/C17H19N3O4/c1-10-11-5-3-4-6-13(11)24-9-14-18(2)17(23)15-16(22)12(21)7-8-19(15)20(10)14/h3-8,10,14,17,22-23H,9H2,1-2H3/t10-,14+,17?/m0/s1. The monoisotopic (exact) mass is 329 g/mol. The van der Waals surface area contributed by atoms with Gasteiger partial charge >= 0.3 is 0 Å². The molecule has 1 aromatic heterocycles. The van der Waals surface area contributed by atoms with Crippen LogP contribution in [-0.4, -0.2) is 39.6 Å². The highest BCUT2D eigenvalue weighted by atomic mass is 16.5. The van der Waals surface area contributed by atoms with Crippen molar-refractivity contribution in [3.05, 3.63) is 58.0 Å². The van der Waals surface area contributed by atoms with Crippen LogP contribution in [0, 0.1) is 0 Å². The van der Waals surface area contributed by atoms with E-state index in [4.69, 9.17) is 4.74 Å². The molecule has 126 valence electrons. The quantitative estimate of drug-likeness (QED) is 0.748. The zero-order chi connectivity index (χ0) is 17.0. The van der Waals surface area contributed by atoms with Crippen LogP contribution in [0.3, 0.4) is 0 Å². The maximum Gasteiger partial charge on any atom is 0.223 e. The van der Waals surface area contributed by atoms with Gasteiger partial charge in [0.25, 0.3) is 0 Å². The van der Waals surface area contributed by atoms with Gasteiger partial charge in [-0.15, -0.1) is 0 Å². The van der Waals surface area contributed by atoms with Gasteiger partial charge in [-0.1, -0.05) is 18.2 Å². The fraction of sp³-hybridized carbons (Fsp3) is 0.353. The second-order valence-electron chi connectivity index (χ2n) is 6.18. The summed E-state index contributed by atoms with van der Waals surface area (Å²) >= 11 is 0. The normalized spacial score (nSPS) is 26.0. The Morgan fingerprint density at radius 2 is 2.00 bits per heavy atom. The summed E-state index contributed by atoms with van der Waals surface area (Å²) in [5, 5.41) is 22.8. The van der Waals surface area contributed by atoms with Gasteiger partial charge in [-0.2, -0.15) is 0 Å². The maximum absolute atomic E-state index is 11.8. The summed E-state index contributed by atoms with van der Waals surface area (Å²) in [6, 6.07) is 9.01. The molecule has 0 aliphatic carbocycles. The molecule has 0 saturated carbocycles. The van der Waals surface area contributed by atoms with Gasteiger partial charge in [0, 0.05) is 17.8 Å². The van der Waals surface area contributed by atoms with Crippen LogP contribution in [0.15, 0.2) is 41.3 Å². The number of pyridine rings is 1. The molecule has 4 rings (SSSR count). The molecule has 24 heavy (non-hydrogen) atoms. The van der Waals surface area contributed by atoms with E-state index in [1.807, 2.05) is 36.2 Å². The first-order chi connectivity index (χ1) is 11.5. The Kier molecular flexibility index (Phi) is 3.29. The zero-order valence-electron chi connectivity index (χ0n) is 13.5. The topological polar surface area (TPSA) is 78.2 Å². The Morgan fingerprint density at radius 3 is 2.79 bits per heavy atom. The first kappa shape index (κ1) is 15.0. The number of aromatic hydroxyl groups is 1. The lowest BCUT2D eigenvalue weighted by atomic mass is 10.1. The smallest absolute Gasteiger partial charge is 0.223 e. The fourth-order valence-electron chi connectivity index (χ4n) is 3.56. The highest BCUT2D eigenvalue weighted by Gasteiger charge is 2.42. The van der Waals surface area contributed by atoms with Crippen LogP contribution in [0.5, 0.6) is 11.5 Å². The summed E-state index contributed by atoms with van der Waals surface area (Å²) in [6.07, 6.45) is 0.236. The molecule has 7 nitrogen and oxygen atoms in total. The van der Waals surface area contributed by atoms with Gasteiger partial charge in [0.2, 0.25) is 5.43 Å². The number of nitrogens with zero attached hydrogens (tertiary/aromatic N) is 3. The average molecular weight is 329 g/mol. The van der Waals surface area contributed by atoms with E-state index in [-0.39, 0.29) is 17.9 Å². The minimum absolute atomic E-state index is 0.0793. The molecule has 7 heteroatoms. The number of para-hydroxylation sites is 1. The molecule has 3 atom stereocenters. The molecule has 2 aliphatic heterocycles. The van der Waals surface area contributed by atoms with E-state index in [0.29, 0.717) is 6.61 Å². The second-order valence-corrected chi connectivity index (χ2v) is 6.18. The zero-order valence-corrected chi connectivity index (χ0v) is 13.5. The van der Waals surface area contributed by atoms with E-state index in [0.717, 1.165) is 11.3 Å². The fourth-order valence-corrected chi connectivity index (χ4v) is 3.56. The molecule has 0 bridgehead atoms. The van der Waals surface area contributed by atoms with E-state index in [1.165, 1.54) is 6.07 Å². The molecule has 1 unspecified atom stereocenters. The van der Waals surface area contributed by atoms with Crippen molar-refractivity contribution in [1.29, 1.82) is 0 Å². The lowest BCUT2D eigenvalue weighted by molar-refractivity contribution is -0.0542. The van der Waals surface area contributed by atoms with Crippen molar-refractivity contribution < 1.29 is 14.9 Å². The Bertz CT molecular complexity index is 850. The third-order valence-electron chi connectivity index (χ3n) is 4.90. The van der Waals surface area contributed by atoms with Crippen molar-refractivity contribution in [3.63, 3.8) is 0 Å². The summed E-state index contributed by atoms with van der Waals surface area (Å²) in [7, 11) is 1.74.